The molecule has 0 saturated heterocycles. The van der Waals surface area contributed by atoms with Gasteiger partial charge in [-0.3, -0.25) is 4.79 Å². The summed E-state index contributed by atoms with van der Waals surface area (Å²) in [7, 11) is 0. The van der Waals surface area contributed by atoms with E-state index >= 15 is 0 Å². The minimum atomic E-state index is -0.961. The third-order valence-electron chi connectivity index (χ3n) is 3.73. The molecule has 0 radical (unpaired) electrons. The van der Waals surface area contributed by atoms with Gasteiger partial charge in [0.2, 0.25) is 0 Å². The molecule has 1 N–H and O–H groups in total. The molecular formula is C14H14F2N2O2S. The molecule has 2 aromatic rings. The molecule has 1 heterocycles. The molecule has 1 fully saturated rings. The highest BCUT2D eigenvalue weighted by molar-refractivity contribution is 7.99. The average Bonchev–Trinajstić information content (AvgIpc) is 3.07. The van der Waals surface area contributed by atoms with Crippen LogP contribution in [0.25, 0.3) is 11.0 Å². The third kappa shape index (κ3) is 2.62. The Hall–Kier alpha value is -1.63. The van der Waals surface area contributed by atoms with Gasteiger partial charge >= 0.3 is 5.97 Å². The molecule has 112 valence electrons. The van der Waals surface area contributed by atoms with E-state index in [1.54, 1.807) is 4.57 Å². The fourth-order valence-corrected chi connectivity index (χ4v) is 3.63. The Kier molecular flexibility index (Phi) is 3.84. The Morgan fingerprint density at radius 1 is 1.38 bits per heavy atom. The van der Waals surface area contributed by atoms with Crippen LogP contribution in [-0.2, 0) is 4.79 Å². The Morgan fingerprint density at radius 3 is 2.76 bits per heavy atom. The van der Waals surface area contributed by atoms with Crippen molar-refractivity contribution in [3.63, 3.8) is 0 Å². The van der Waals surface area contributed by atoms with Gasteiger partial charge < -0.3 is 9.67 Å². The molecule has 0 amide bonds. The molecule has 0 spiro atoms. The summed E-state index contributed by atoms with van der Waals surface area (Å²) in [6.45, 7) is 0. The maximum atomic E-state index is 14.2. The van der Waals surface area contributed by atoms with Crippen molar-refractivity contribution in [3.8, 4) is 0 Å². The van der Waals surface area contributed by atoms with Crippen LogP contribution in [0.1, 0.15) is 31.7 Å². The summed E-state index contributed by atoms with van der Waals surface area (Å²) in [4.78, 5) is 15.0. The Bertz CT molecular complexity index is 696. The number of hydrogen-bond donors (Lipinski definition) is 1. The van der Waals surface area contributed by atoms with Crippen LogP contribution in [0.4, 0.5) is 8.78 Å². The second kappa shape index (κ2) is 5.63. The zero-order valence-electron chi connectivity index (χ0n) is 11.2. The molecule has 1 aromatic heterocycles. The number of benzene rings is 1. The van der Waals surface area contributed by atoms with E-state index in [4.69, 9.17) is 5.11 Å². The van der Waals surface area contributed by atoms with Gasteiger partial charge in [0.15, 0.2) is 16.8 Å². The van der Waals surface area contributed by atoms with Gasteiger partial charge in [0.1, 0.15) is 5.52 Å². The third-order valence-corrected chi connectivity index (χ3v) is 4.66. The van der Waals surface area contributed by atoms with Gasteiger partial charge in [-0.1, -0.05) is 24.6 Å². The normalized spacial score (nSPS) is 15.9. The van der Waals surface area contributed by atoms with Crippen molar-refractivity contribution in [2.45, 2.75) is 36.9 Å². The smallest absolute Gasteiger partial charge is 0.313 e. The van der Waals surface area contributed by atoms with Crippen molar-refractivity contribution in [1.82, 2.24) is 9.55 Å². The number of carboxylic acid groups (broad SMARTS) is 1. The van der Waals surface area contributed by atoms with Crippen LogP contribution in [0.5, 0.6) is 0 Å². The Morgan fingerprint density at radius 2 is 2.10 bits per heavy atom. The van der Waals surface area contributed by atoms with E-state index in [9.17, 15) is 13.6 Å². The topological polar surface area (TPSA) is 55.1 Å². The van der Waals surface area contributed by atoms with Crippen molar-refractivity contribution in [2.24, 2.45) is 0 Å². The molecule has 0 bridgehead atoms. The fourth-order valence-electron chi connectivity index (χ4n) is 2.83. The van der Waals surface area contributed by atoms with Crippen molar-refractivity contribution < 1.29 is 18.7 Å². The fraction of sp³-hybridized carbons (Fsp3) is 0.429. The van der Waals surface area contributed by atoms with E-state index in [0.29, 0.717) is 10.7 Å². The largest absolute Gasteiger partial charge is 0.481 e. The van der Waals surface area contributed by atoms with Crippen LogP contribution in [-0.4, -0.2) is 26.4 Å². The summed E-state index contributed by atoms with van der Waals surface area (Å²) in [6, 6.07) is 2.54. The lowest BCUT2D eigenvalue weighted by molar-refractivity contribution is -0.133. The van der Waals surface area contributed by atoms with E-state index < -0.39 is 17.6 Å². The zero-order valence-corrected chi connectivity index (χ0v) is 12.0. The molecule has 0 aliphatic heterocycles. The molecular weight excluding hydrogens is 298 g/mol. The maximum Gasteiger partial charge on any atom is 0.313 e. The molecule has 1 saturated carbocycles. The minimum absolute atomic E-state index is 0.0580. The molecule has 1 aliphatic carbocycles. The van der Waals surface area contributed by atoms with E-state index in [1.807, 2.05) is 0 Å². The number of aromatic nitrogens is 2. The number of carbonyl (C=O) groups is 1. The predicted molar refractivity (Wildman–Crippen MR) is 75.5 cm³/mol. The van der Waals surface area contributed by atoms with Gasteiger partial charge in [-0.05, 0) is 25.0 Å². The van der Waals surface area contributed by atoms with Crippen LogP contribution in [0.2, 0.25) is 0 Å². The summed E-state index contributed by atoms with van der Waals surface area (Å²) >= 11 is 1.05. The molecule has 0 atom stereocenters. The van der Waals surface area contributed by atoms with Gasteiger partial charge in [-0.15, -0.1) is 0 Å². The second-order valence-corrected chi connectivity index (χ2v) is 6.06. The summed E-state index contributed by atoms with van der Waals surface area (Å²) in [5.74, 6) is -2.93. The Balaban J connectivity index is 2.14. The van der Waals surface area contributed by atoms with Crippen molar-refractivity contribution in [1.29, 1.82) is 0 Å². The predicted octanol–water partition coefficient (Wildman–Crippen LogP) is 3.61. The van der Waals surface area contributed by atoms with Crippen LogP contribution in [0, 0.1) is 11.6 Å². The van der Waals surface area contributed by atoms with E-state index in [2.05, 4.69) is 4.98 Å². The average molecular weight is 312 g/mol. The first-order chi connectivity index (χ1) is 10.1. The van der Waals surface area contributed by atoms with Crippen molar-refractivity contribution in [3.05, 3.63) is 23.8 Å². The lowest BCUT2D eigenvalue weighted by Crippen LogP contribution is -2.09. The molecule has 7 heteroatoms. The van der Waals surface area contributed by atoms with Crippen LogP contribution >= 0.6 is 11.8 Å². The summed E-state index contributed by atoms with van der Waals surface area (Å²) < 4.78 is 29.4. The zero-order chi connectivity index (χ0) is 15.0. The van der Waals surface area contributed by atoms with Crippen LogP contribution in [0.3, 0.4) is 0 Å². The van der Waals surface area contributed by atoms with Crippen LogP contribution < -0.4 is 0 Å². The first-order valence-electron chi connectivity index (χ1n) is 6.78. The lowest BCUT2D eigenvalue weighted by atomic mass is 10.2. The number of hydrogen-bond acceptors (Lipinski definition) is 3. The van der Waals surface area contributed by atoms with Crippen molar-refractivity contribution >= 4 is 28.8 Å². The van der Waals surface area contributed by atoms with Gasteiger partial charge in [-0.2, -0.15) is 0 Å². The first kappa shape index (κ1) is 14.3. The number of fused-ring (bicyclic) bond motifs is 1. The SMILES string of the molecule is O=C(O)CSc1nc2ccc(F)c(F)c2n1C1CCCC1. The van der Waals surface area contributed by atoms with Crippen molar-refractivity contribution in [2.75, 3.05) is 5.75 Å². The van der Waals surface area contributed by atoms with Gasteiger partial charge in [0.05, 0.1) is 11.3 Å². The van der Waals surface area contributed by atoms with Crippen LogP contribution in [0.15, 0.2) is 17.3 Å². The number of halogens is 2. The highest BCUT2D eigenvalue weighted by Crippen LogP contribution is 2.37. The highest BCUT2D eigenvalue weighted by atomic mass is 32.2. The number of rotatable bonds is 4. The molecule has 1 aromatic carbocycles. The maximum absolute atomic E-state index is 14.2. The molecule has 4 nitrogen and oxygen atoms in total. The second-order valence-electron chi connectivity index (χ2n) is 5.11. The molecule has 3 rings (SSSR count). The van der Waals surface area contributed by atoms with Gasteiger partial charge in [-0.25, -0.2) is 13.8 Å². The number of carboxylic acids is 1. The first-order valence-corrected chi connectivity index (χ1v) is 7.77. The highest BCUT2D eigenvalue weighted by Gasteiger charge is 2.26. The number of nitrogens with zero attached hydrogens (tertiary/aromatic N) is 2. The monoisotopic (exact) mass is 312 g/mol. The summed E-state index contributed by atoms with van der Waals surface area (Å²) in [5, 5.41) is 9.26. The number of thioether (sulfide) groups is 1. The Labute approximate surface area is 124 Å². The minimum Gasteiger partial charge on any atom is -0.481 e. The number of imidazole rings is 1. The van der Waals surface area contributed by atoms with Gasteiger partial charge in [0, 0.05) is 6.04 Å². The standard InChI is InChI=1S/C14H14F2N2O2S/c15-9-5-6-10-13(12(9)16)18(8-3-1-2-4-8)14(17-10)21-7-11(19)20/h5-6,8H,1-4,7H2,(H,19,20). The van der Waals surface area contributed by atoms with Gasteiger partial charge in [0.25, 0.3) is 0 Å². The van der Waals surface area contributed by atoms with E-state index in [1.165, 1.54) is 6.07 Å². The molecule has 21 heavy (non-hydrogen) atoms. The quantitative estimate of drug-likeness (QED) is 0.876. The summed E-state index contributed by atoms with van der Waals surface area (Å²) in [6.07, 6.45) is 3.82. The molecule has 1 aliphatic rings. The summed E-state index contributed by atoms with van der Waals surface area (Å²) in [5.41, 5.74) is 0.517. The molecule has 0 unspecified atom stereocenters. The number of aliphatic carboxylic acids is 1. The van der Waals surface area contributed by atoms with E-state index in [-0.39, 0.29) is 17.3 Å². The van der Waals surface area contributed by atoms with E-state index in [0.717, 1.165) is 43.5 Å². The lowest BCUT2D eigenvalue weighted by Gasteiger charge is -2.16.